The second kappa shape index (κ2) is 9.77. The minimum absolute atomic E-state index is 0.0849. The maximum absolute atomic E-state index is 12.6. The molecule has 0 fully saturated rings. The third kappa shape index (κ3) is 5.06. The third-order valence-electron chi connectivity index (χ3n) is 5.00. The lowest BCUT2D eigenvalue weighted by Gasteiger charge is -2.11. The molecule has 0 atom stereocenters. The van der Waals surface area contributed by atoms with Crippen LogP contribution in [0.5, 0.6) is 11.6 Å². The zero-order valence-corrected chi connectivity index (χ0v) is 17.9. The first-order valence-corrected chi connectivity index (χ1v) is 10.3. The van der Waals surface area contributed by atoms with E-state index >= 15 is 0 Å². The molecule has 0 aliphatic heterocycles. The van der Waals surface area contributed by atoms with Crippen molar-refractivity contribution in [2.45, 2.75) is 26.5 Å². The van der Waals surface area contributed by atoms with Crippen molar-refractivity contribution in [3.63, 3.8) is 0 Å². The summed E-state index contributed by atoms with van der Waals surface area (Å²) in [5, 5.41) is 2.84. The van der Waals surface area contributed by atoms with Crippen molar-refractivity contribution in [3.8, 4) is 11.6 Å². The number of nitrogen functional groups attached to an aromatic ring is 1. The number of nitrogens with two attached hydrogens (primary N) is 1. The van der Waals surface area contributed by atoms with Gasteiger partial charge >= 0.3 is 0 Å². The van der Waals surface area contributed by atoms with Crippen molar-refractivity contribution >= 4 is 29.5 Å². The number of imidazole rings is 1. The van der Waals surface area contributed by atoms with E-state index in [1.54, 1.807) is 12.1 Å². The van der Waals surface area contributed by atoms with Crippen molar-refractivity contribution in [1.82, 2.24) is 25.3 Å². The first kappa shape index (κ1) is 21.8. The highest BCUT2D eigenvalue weighted by atomic mass is 16.5. The Labute approximate surface area is 189 Å². The Morgan fingerprint density at radius 2 is 1.88 bits per heavy atom. The number of hydrogen-bond donors (Lipinski definition) is 3. The molecular formula is C23H22N6O4. The fourth-order valence-electron chi connectivity index (χ4n) is 3.23. The summed E-state index contributed by atoms with van der Waals surface area (Å²) in [6.45, 7) is 2.88. The van der Waals surface area contributed by atoms with Crippen LogP contribution in [0.2, 0.25) is 0 Å². The molecular weight excluding hydrogens is 424 g/mol. The molecule has 0 radical (unpaired) electrons. The number of aromatic amines is 1. The second-order valence-corrected chi connectivity index (χ2v) is 7.17. The molecule has 0 aliphatic carbocycles. The van der Waals surface area contributed by atoms with Crippen molar-refractivity contribution < 1.29 is 19.1 Å². The van der Waals surface area contributed by atoms with E-state index in [0.29, 0.717) is 35.6 Å². The van der Waals surface area contributed by atoms with Crippen molar-refractivity contribution in [2.75, 3.05) is 5.73 Å². The molecule has 168 valence electrons. The van der Waals surface area contributed by atoms with E-state index in [4.69, 9.17) is 15.2 Å². The van der Waals surface area contributed by atoms with Crippen LogP contribution in [0.1, 0.15) is 34.0 Å². The van der Waals surface area contributed by atoms with Gasteiger partial charge in [0.05, 0.1) is 11.9 Å². The summed E-state index contributed by atoms with van der Waals surface area (Å²) in [6.07, 6.45) is 2.27. The molecule has 33 heavy (non-hydrogen) atoms. The predicted octanol–water partition coefficient (Wildman–Crippen LogP) is 2.54. The summed E-state index contributed by atoms with van der Waals surface area (Å²) in [5.41, 5.74) is 9.80. The summed E-state index contributed by atoms with van der Waals surface area (Å²) in [6, 6.07) is 12.8. The lowest BCUT2D eigenvalue weighted by molar-refractivity contribution is -0.120. The number of nitrogens with zero attached hydrogens (tertiary/aromatic N) is 3. The minimum Gasteiger partial charge on any atom is -0.471 e. The smallest absolute Gasteiger partial charge is 0.298 e. The van der Waals surface area contributed by atoms with E-state index in [-0.39, 0.29) is 24.2 Å². The molecule has 10 nitrogen and oxygen atoms in total. The number of carbonyl (C=O) groups excluding carboxylic acids is 2. The number of aryl methyl sites for hydroxylation is 1. The number of aromatic nitrogens is 4. The van der Waals surface area contributed by atoms with Crippen LogP contribution in [0, 0.1) is 0 Å². The minimum atomic E-state index is -0.327. The van der Waals surface area contributed by atoms with Crippen LogP contribution in [0.15, 0.2) is 48.8 Å². The van der Waals surface area contributed by atoms with Crippen LogP contribution in [0.3, 0.4) is 0 Å². The van der Waals surface area contributed by atoms with Crippen LogP contribution < -0.4 is 20.5 Å². The maximum atomic E-state index is 12.6. The van der Waals surface area contributed by atoms with Gasteiger partial charge in [-0.15, -0.1) is 0 Å². The van der Waals surface area contributed by atoms with Gasteiger partial charge in [-0.2, -0.15) is 9.97 Å². The quantitative estimate of drug-likeness (QED) is 0.333. The lowest BCUT2D eigenvalue weighted by Crippen LogP contribution is -2.23. The Hall–Kier alpha value is -4.47. The summed E-state index contributed by atoms with van der Waals surface area (Å²) in [5.74, 6) is 0.327. The van der Waals surface area contributed by atoms with Crippen molar-refractivity contribution in [2.24, 2.45) is 0 Å². The topological polar surface area (TPSA) is 145 Å². The fourth-order valence-corrected chi connectivity index (χ4v) is 3.23. The third-order valence-corrected chi connectivity index (χ3v) is 5.00. The highest BCUT2D eigenvalue weighted by Crippen LogP contribution is 2.22. The van der Waals surface area contributed by atoms with E-state index in [9.17, 15) is 9.59 Å². The Kier molecular flexibility index (Phi) is 6.44. The van der Waals surface area contributed by atoms with Crippen LogP contribution in [-0.2, 0) is 24.4 Å². The standard InChI is InChI=1S/C23H22N6O4/c1-2-14-7-8-17(18(9-14)33-13-30)21(31)25-10-15-3-5-16(6-4-15)11-32-22-19-20(27-12-26-19)28-23(24)29-22/h3-9,12-13H,2,10-11H2,1H3,(H,25,31)(H3,24,26,27,28,29). The van der Waals surface area contributed by atoms with Gasteiger partial charge < -0.3 is 25.5 Å². The summed E-state index contributed by atoms with van der Waals surface area (Å²) in [4.78, 5) is 38.5. The van der Waals surface area contributed by atoms with Crippen LogP contribution in [0.4, 0.5) is 5.95 Å². The summed E-state index contributed by atoms with van der Waals surface area (Å²) < 4.78 is 10.8. The Balaban J connectivity index is 1.36. The van der Waals surface area contributed by atoms with E-state index in [1.807, 2.05) is 37.3 Å². The molecule has 0 unspecified atom stereocenters. The van der Waals surface area contributed by atoms with E-state index < -0.39 is 0 Å². The molecule has 0 spiro atoms. The van der Waals surface area contributed by atoms with Crippen molar-refractivity contribution in [3.05, 3.63) is 71.0 Å². The maximum Gasteiger partial charge on any atom is 0.298 e. The van der Waals surface area contributed by atoms with E-state index in [2.05, 4.69) is 25.3 Å². The Morgan fingerprint density at radius 3 is 2.64 bits per heavy atom. The van der Waals surface area contributed by atoms with Gasteiger partial charge in [-0.05, 0) is 35.2 Å². The number of ether oxygens (including phenoxy) is 2. The number of rotatable bonds is 9. The van der Waals surface area contributed by atoms with Gasteiger partial charge in [0.15, 0.2) is 5.65 Å². The first-order chi connectivity index (χ1) is 16.1. The average Bonchev–Trinajstić information content (AvgIpc) is 3.30. The molecule has 2 aromatic heterocycles. The van der Waals surface area contributed by atoms with E-state index in [1.165, 1.54) is 6.33 Å². The molecule has 0 bridgehead atoms. The molecule has 0 saturated heterocycles. The molecule has 4 aromatic rings. The number of fused-ring (bicyclic) bond motifs is 1. The molecule has 2 heterocycles. The number of nitrogens with one attached hydrogen (secondary N) is 2. The molecule has 10 heteroatoms. The average molecular weight is 446 g/mol. The van der Waals surface area contributed by atoms with Crippen LogP contribution in [0.25, 0.3) is 11.2 Å². The van der Waals surface area contributed by atoms with Crippen LogP contribution >= 0.6 is 0 Å². The van der Waals surface area contributed by atoms with Gasteiger partial charge in [-0.25, -0.2) is 4.98 Å². The molecule has 4 N–H and O–H groups in total. The number of hydrogen-bond acceptors (Lipinski definition) is 8. The fraction of sp³-hybridized carbons (Fsp3) is 0.174. The first-order valence-electron chi connectivity index (χ1n) is 10.3. The number of benzene rings is 2. The highest BCUT2D eigenvalue weighted by Gasteiger charge is 2.14. The highest BCUT2D eigenvalue weighted by molar-refractivity contribution is 5.97. The number of amides is 1. The summed E-state index contributed by atoms with van der Waals surface area (Å²) in [7, 11) is 0. The summed E-state index contributed by atoms with van der Waals surface area (Å²) >= 11 is 0. The SMILES string of the molecule is CCc1ccc(C(=O)NCc2ccc(COc3nc(N)nc4nc[nH]c34)cc2)c(OC=O)c1. The second-order valence-electron chi connectivity index (χ2n) is 7.17. The van der Waals surface area contributed by atoms with Crippen molar-refractivity contribution in [1.29, 1.82) is 0 Å². The monoisotopic (exact) mass is 446 g/mol. The Morgan fingerprint density at radius 1 is 1.12 bits per heavy atom. The van der Waals surface area contributed by atoms with Gasteiger partial charge in [0.1, 0.15) is 17.9 Å². The number of H-pyrrole nitrogens is 1. The predicted molar refractivity (Wildman–Crippen MR) is 121 cm³/mol. The van der Waals surface area contributed by atoms with Gasteiger partial charge in [-0.3, -0.25) is 9.59 Å². The van der Waals surface area contributed by atoms with Crippen LogP contribution in [-0.4, -0.2) is 32.3 Å². The van der Waals surface area contributed by atoms with Gasteiger partial charge in [0, 0.05) is 6.54 Å². The van der Waals surface area contributed by atoms with Gasteiger partial charge in [-0.1, -0.05) is 37.3 Å². The molecule has 0 aliphatic rings. The number of anilines is 1. The zero-order valence-electron chi connectivity index (χ0n) is 17.9. The lowest BCUT2D eigenvalue weighted by atomic mass is 10.1. The largest absolute Gasteiger partial charge is 0.471 e. The Bertz CT molecular complexity index is 1290. The van der Waals surface area contributed by atoms with E-state index in [0.717, 1.165) is 23.1 Å². The molecule has 2 aromatic carbocycles. The van der Waals surface area contributed by atoms with Gasteiger partial charge in [0.2, 0.25) is 11.8 Å². The molecule has 0 saturated carbocycles. The van der Waals surface area contributed by atoms with Gasteiger partial charge in [0.25, 0.3) is 12.4 Å². The molecule has 1 amide bonds. The normalized spacial score (nSPS) is 10.7. The molecule has 4 rings (SSSR count). The zero-order chi connectivity index (χ0) is 23.2. The number of carbonyl (C=O) groups is 2.